The van der Waals surface area contributed by atoms with E-state index in [0.29, 0.717) is 19.3 Å². The molecule has 0 aromatic carbocycles. The summed E-state index contributed by atoms with van der Waals surface area (Å²) in [6.07, 6.45) is 5.92. The average Bonchev–Trinajstić information content (AvgIpc) is 2.95. The van der Waals surface area contributed by atoms with Gasteiger partial charge in [0.15, 0.2) is 18.0 Å². The van der Waals surface area contributed by atoms with Crippen LogP contribution in [0.1, 0.15) is 60.3 Å². The number of alkyl halides is 1. The number of rotatable bonds is 4. The Balaban J connectivity index is 1.82. The minimum Gasteiger partial charge on any atom is -0.458 e. The zero-order valence-corrected chi connectivity index (χ0v) is 21.1. The molecular formula is C26H33ClO7. The summed E-state index contributed by atoms with van der Waals surface area (Å²) >= 11 is 7.43. The Kier molecular flexibility index (Phi) is 5.92. The van der Waals surface area contributed by atoms with Crippen molar-refractivity contribution >= 4 is 35.1 Å². The number of aliphatic hydroxyl groups excluding tert-OH is 1. The van der Waals surface area contributed by atoms with Crippen molar-refractivity contribution in [2.24, 2.45) is 28.6 Å². The number of ketones is 2. The van der Waals surface area contributed by atoms with E-state index < -0.39 is 51.7 Å². The summed E-state index contributed by atoms with van der Waals surface area (Å²) in [5.74, 6) is -2.44. The van der Waals surface area contributed by atoms with Gasteiger partial charge in [-0.25, -0.2) is 0 Å². The molecule has 0 aliphatic heterocycles. The number of halogens is 1. The maximum Gasteiger partial charge on any atom is 0.303 e. The summed E-state index contributed by atoms with van der Waals surface area (Å²) in [4.78, 5) is 48.3. The van der Waals surface area contributed by atoms with Gasteiger partial charge in [-0.2, -0.15) is 0 Å². The minimum atomic E-state index is -1.55. The number of fused-ring (bicyclic) bond motifs is 5. The van der Waals surface area contributed by atoms with Crippen LogP contribution in [0.15, 0.2) is 23.8 Å². The molecule has 0 saturated heterocycles. The second-order valence-corrected chi connectivity index (χ2v) is 11.6. The second-order valence-electron chi connectivity index (χ2n) is 10.9. The van der Waals surface area contributed by atoms with E-state index in [1.165, 1.54) is 19.9 Å². The molecule has 3 saturated carbocycles. The van der Waals surface area contributed by atoms with Gasteiger partial charge in [-0.1, -0.05) is 32.4 Å². The predicted molar refractivity (Wildman–Crippen MR) is 124 cm³/mol. The van der Waals surface area contributed by atoms with Crippen molar-refractivity contribution in [2.45, 2.75) is 76.9 Å². The van der Waals surface area contributed by atoms with Crippen LogP contribution in [0.25, 0.3) is 0 Å². The molecular weight excluding hydrogens is 460 g/mol. The molecule has 0 aromatic rings. The van der Waals surface area contributed by atoms with E-state index in [1.54, 1.807) is 6.08 Å². The van der Waals surface area contributed by atoms with Gasteiger partial charge in [0.1, 0.15) is 0 Å². The van der Waals surface area contributed by atoms with Crippen LogP contribution in [0, 0.1) is 28.6 Å². The van der Waals surface area contributed by atoms with E-state index in [0.717, 1.165) is 5.57 Å². The van der Waals surface area contributed by atoms with Gasteiger partial charge >= 0.3 is 11.9 Å². The highest BCUT2D eigenvalue weighted by molar-refractivity contribution is 6.26. The lowest BCUT2D eigenvalue weighted by Gasteiger charge is -2.64. The third-order valence-corrected chi connectivity index (χ3v) is 10.2. The quantitative estimate of drug-likeness (QED) is 0.474. The molecule has 0 spiro atoms. The van der Waals surface area contributed by atoms with E-state index in [-0.39, 0.29) is 30.0 Å². The topological polar surface area (TPSA) is 107 Å². The molecule has 186 valence electrons. The van der Waals surface area contributed by atoms with E-state index in [2.05, 4.69) is 0 Å². The van der Waals surface area contributed by atoms with Crippen molar-refractivity contribution in [3.05, 3.63) is 23.8 Å². The Morgan fingerprint density at radius 3 is 2.47 bits per heavy atom. The first kappa shape index (κ1) is 25.1. The lowest BCUT2D eigenvalue weighted by atomic mass is 9.45. The number of ether oxygens (including phenoxy) is 2. The number of hydrogen-bond acceptors (Lipinski definition) is 7. The Morgan fingerprint density at radius 1 is 1.18 bits per heavy atom. The first-order valence-electron chi connectivity index (χ1n) is 11.9. The fraction of sp³-hybridized carbons (Fsp3) is 0.692. The number of aliphatic hydroxyl groups is 1. The third kappa shape index (κ3) is 3.12. The average molecular weight is 493 g/mol. The normalized spacial score (nSPS) is 44.9. The fourth-order valence-corrected chi connectivity index (χ4v) is 8.42. The third-order valence-electron chi connectivity index (χ3n) is 9.31. The fourth-order valence-electron chi connectivity index (χ4n) is 7.90. The molecule has 0 radical (unpaired) electrons. The molecule has 4 aliphatic carbocycles. The summed E-state index contributed by atoms with van der Waals surface area (Å²) in [7, 11) is 0. The summed E-state index contributed by atoms with van der Waals surface area (Å²) in [5, 5.41) is 11.7. The van der Waals surface area contributed by atoms with Gasteiger partial charge in [0.2, 0.25) is 5.78 Å². The van der Waals surface area contributed by atoms with Crippen LogP contribution in [0.3, 0.4) is 0 Å². The van der Waals surface area contributed by atoms with Crippen LogP contribution in [-0.2, 0) is 28.7 Å². The highest BCUT2D eigenvalue weighted by Crippen LogP contribution is 2.72. The van der Waals surface area contributed by atoms with E-state index in [9.17, 15) is 24.3 Å². The van der Waals surface area contributed by atoms with Crippen LogP contribution in [0.2, 0.25) is 0 Å². The van der Waals surface area contributed by atoms with Gasteiger partial charge in [-0.15, -0.1) is 11.6 Å². The van der Waals surface area contributed by atoms with Crippen molar-refractivity contribution in [3.8, 4) is 0 Å². The Bertz CT molecular complexity index is 1020. The maximum absolute atomic E-state index is 13.6. The largest absolute Gasteiger partial charge is 0.458 e. The molecule has 34 heavy (non-hydrogen) atoms. The van der Waals surface area contributed by atoms with Crippen LogP contribution < -0.4 is 0 Å². The van der Waals surface area contributed by atoms with Crippen LogP contribution >= 0.6 is 11.6 Å². The summed E-state index contributed by atoms with van der Waals surface area (Å²) < 4.78 is 10.9. The molecule has 8 heteroatoms. The molecule has 0 amide bonds. The SMILES string of the molecule is CC(=O)OCC(=O)[C@]1(OC(C)=O)[C@@H](C)C[C@H]2[C@@H]3CCC4=CC(=O)C=C[C@]4(C)[C@@]3(Cl)[C@@H](O)C[C@@]21C. The standard InChI is InChI=1S/C26H33ClO7/c1-14-10-20-19-7-6-17-11-18(30)8-9-23(17,4)25(19,27)21(31)12-24(20,5)26(14,34-16(3)29)22(32)13-33-15(2)28/h8-9,11,14,19-21,31H,6-7,10,12-13H2,1-5H3/t14-,19-,20-,21-,23-,24-,25-,26+/m0/s1. The van der Waals surface area contributed by atoms with Crippen LogP contribution in [0.5, 0.6) is 0 Å². The zero-order chi connectivity index (χ0) is 25.3. The molecule has 1 N–H and O–H groups in total. The van der Waals surface area contributed by atoms with Crippen molar-refractivity contribution in [3.63, 3.8) is 0 Å². The molecule has 0 bridgehead atoms. The van der Waals surface area contributed by atoms with Crippen LogP contribution in [0.4, 0.5) is 0 Å². The van der Waals surface area contributed by atoms with Gasteiger partial charge in [-0.05, 0) is 49.7 Å². The Morgan fingerprint density at radius 2 is 1.85 bits per heavy atom. The molecule has 0 aromatic heterocycles. The molecule has 4 rings (SSSR count). The number of hydrogen-bond donors (Lipinski definition) is 1. The zero-order valence-electron chi connectivity index (χ0n) is 20.4. The molecule has 3 fully saturated rings. The number of Topliss-reactive ketones (excluding diaryl/α,β-unsaturated/α-hetero) is 1. The molecule has 4 aliphatic rings. The van der Waals surface area contributed by atoms with E-state index >= 15 is 0 Å². The number of carbonyl (C=O) groups excluding carboxylic acids is 4. The summed E-state index contributed by atoms with van der Waals surface area (Å²) in [6, 6.07) is 0. The minimum absolute atomic E-state index is 0.0826. The molecule has 7 nitrogen and oxygen atoms in total. The maximum atomic E-state index is 13.6. The molecule has 8 atom stereocenters. The molecule has 0 unspecified atom stereocenters. The van der Waals surface area contributed by atoms with Crippen molar-refractivity contribution in [1.29, 1.82) is 0 Å². The monoisotopic (exact) mass is 492 g/mol. The van der Waals surface area contributed by atoms with E-state index in [1.807, 2.05) is 26.8 Å². The molecule has 0 heterocycles. The summed E-state index contributed by atoms with van der Waals surface area (Å²) in [6.45, 7) is 7.71. The predicted octanol–water partition coefficient (Wildman–Crippen LogP) is 3.31. The first-order chi connectivity index (χ1) is 15.7. The number of carbonyl (C=O) groups is 4. The van der Waals surface area contributed by atoms with Crippen molar-refractivity contribution in [2.75, 3.05) is 6.61 Å². The van der Waals surface area contributed by atoms with Crippen molar-refractivity contribution in [1.82, 2.24) is 0 Å². The Hall–Kier alpha value is -1.99. The van der Waals surface area contributed by atoms with Gasteiger partial charge < -0.3 is 14.6 Å². The smallest absolute Gasteiger partial charge is 0.303 e. The highest BCUT2D eigenvalue weighted by Gasteiger charge is 2.76. The highest BCUT2D eigenvalue weighted by atomic mass is 35.5. The Labute approximate surface area is 204 Å². The number of esters is 2. The van der Waals surface area contributed by atoms with Gasteiger partial charge in [0, 0.05) is 30.6 Å². The summed E-state index contributed by atoms with van der Waals surface area (Å²) in [5.41, 5.74) is -2.27. The lowest BCUT2D eigenvalue weighted by molar-refractivity contribution is -0.202. The van der Waals surface area contributed by atoms with Gasteiger partial charge in [-0.3, -0.25) is 19.2 Å². The van der Waals surface area contributed by atoms with Gasteiger partial charge in [0.25, 0.3) is 0 Å². The van der Waals surface area contributed by atoms with E-state index in [4.69, 9.17) is 21.1 Å². The lowest BCUT2D eigenvalue weighted by Crippen LogP contribution is -2.69. The number of allylic oxidation sites excluding steroid dienone is 4. The second kappa shape index (κ2) is 8.02. The van der Waals surface area contributed by atoms with Crippen molar-refractivity contribution < 1.29 is 33.8 Å². The van der Waals surface area contributed by atoms with Gasteiger partial charge in [0.05, 0.1) is 11.0 Å². The first-order valence-corrected chi connectivity index (χ1v) is 12.3. The van der Waals surface area contributed by atoms with Crippen LogP contribution in [-0.4, -0.2) is 51.8 Å².